The van der Waals surface area contributed by atoms with Gasteiger partial charge in [0, 0.05) is 36.7 Å². The number of aliphatic imine (C=N–C) groups is 1. The van der Waals surface area contributed by atoms with Gasteiger partial charge in [-0.15, -0.1) is 0 Å². The molecule has 1 aliphatic rings. The summed E-state index contributed by atoms with van der Waals surface area (Å²) >= 11 is 0. The minimum atomic E-state index is 0.175. The van der Waals surface area contributed by atoms with E-state index in [1.807, 2.05) is 54.7 Å². The molecule has 3 nitrogen and oxygen atoms in total. The standard InChI is InChI=1S/C22H18N2O/c25-20(13-16-5-2-1-3-6-16)15-19-7-4-8-21(24-19)18-10-9-17-11-12-23-22(17)14-18/h1-10,12,14H,11,13,15H2. The molecule has 2 heterocycles. The molecule has 0 saturated heterocycles. The number of pyridine rings is 1. The third-order valence-corrected chi connectivity index (χ3v) is 4.35. The molecule has 0 amide bonds. The Kier molecular flexibility index (Phi) is 4.21. The van der Waals surface area contributed by atoms with Gasteiger partial charge in [-0.3, -0.25) is 14.8 Å². The van der Waals surface area contributed by atoms with Gasteiger partial charge in [0.1, 0.15) is 5.78 Å². The Labute approximate surface area is 147 Å². The van der Waals surface area contributed by atoms with Crippen molar-refractivity contribution >= 4 is 17.7 Å². The molecule has 0 unspecified atom stereocenters. The Bertz CT molecular complexity index is 945. The number of rotatable bonds is 5. The maximum absolute atomic E-state index is 12.3. The van der Waals surface area contributed by atoms with Crippen LogP contribution >= 0.6 is 0 Å². The predicted molar refractivity (Wildman–Crippen MR) is 100 cm³/mol. The smallest absolute Gasteiger partial charge is 0.143 e. The maximum Gasteiger partial charge on any atom is 0.143 e. The molecule has 0 fully saturated rings. The van der Waals surface area contributed by atoms with Crippen LogP contribution in [0.25, 0.3) is 11.3 Å². The normalized spacial score (nSPS) is 12.2. The number of carbonyl (C=O) groups excluding carboxylic acids is 1. The topological polar surface area (TPSA) is 42.3 Å². The predicted octanol–water partition coefficient (Wildman–Crippen LogP) is 4.36. The lowest BCUT2D eigenvalue weighted by atomic mass is 10.0. The van der Waals surface area contributed by atoms with Gasteiger partial charge in [-0.1, -0.05) is 48.5 Å². The van der Waals surface area contributed by atoms with Gasteiger partial charge in [0.05, 0.1) is 11.4 Å². The van der Waals surface area contributed by atoms with Gasteiger partial charge >= 0.3 is 0 Å². The molecule has 0 saturated carbocycles. The summed E-state index contributed by atoms with van der Waals surface area (Å²) < 4.78 is 0. The van der Waals surface area contributed by atoms with Gasteiger partial charge in [-0.05, 0) is 29.3 Å². The van der Waals surface area contributed by atoms with Crippen LogP contribution in [-0.4, -0.2) is 17.0 Å². The first-order chi connectivity index (χ1) is 12.3. The summed E-state index contributed by atoms with van der Waals surface area (Å²) in [5, 5.41) is 0. The van der Waals surface area contributed by atoms with Gasteiger partial charge in [0.15, 0.2) is 0 Å². The molecule has 25 heavy (non-hydrogen) atoms. The van der Waals surface area contributed by atoms with Crippen LogP contribution in [0.1, 0.15) is 16.8 Å². The van der Waals surface area contributed by atoms with Gasteiger partial charge in [-0.25, -0.2) is 0 Å². The van der Waals surface area contributed by atoms with Gasteiger partial charge in [0.25, 0.3) is 0 Å². The van der Waals surface area contributed by atoms with Gasteiger partial charge in [-0.2, -0.15) is 0 Å². The van der Waals surface area contributed by atoms with Crippen molar-refractivity contribution in [3.05, 3.63) is 83.6 Å². The minimum Gasteiger partial charge on any atom is -0.299 e. The van der Waals surface area contributed by atoms with E-state index in [4.69, 9.17) is 0 Å². The summed E-state index contributed by atoms with van der Waals surface area (Å²) in [6.07, 6.45) is 3.63. The minimum absolute atomic E-state index is 0.175. The largest absolute Gasteiger partial charge is 0.299 e. The molecule has 0 atom stereocenters. The molecular formula is C22H18N2O. The second-order valence-electron chi connectivity index (χ2n) is 6.25. The fraction of sp³-hybridized carbons (Fsp3) is 0.136. The highest BCUT2D eigenvalue weighted by atomic mass is 16.1. The Hall–Kier alpha value is -3.07. The van der Waals surface area contributed by atoms with E-state index in [2.05, 4.69) is 28.2 Å². The molecule has 1 aromatic heterocycles. The Morgan fingerprint density at radius 2 is 1.80 bits per heavy atom. The average molecular weight is 326 g/mol. The van der Waals surface area contributed by atoms with Crippen molar-refractivity contribution in [2.24, 2.45) is 4.99 Å². The number of carbonyl (C=O) groups is 1. The summed E-state index contributed by atoms with van der Waals surface area (Å²) in [4.78, 5) is 21.4. The van der Waals surface area contributed by atoms with Crippen LogP contribution in [0.2, 0.25) is 0 Å². The summed E-state index contributed by atoms with van der Waals surface area (Å²) in [7, 11) is 0. The van der Waals surface area contributed by atoms with Crippen molar-refractivity contribution in [2.75, 3.05) is 0 Å². The fourth-order valence-corrected chi connectivity index (χ4v) is 3.09. The summed E-state index contributed by atoms with van der Waals surface area (Å²) in [5.41, 5.74) is 6.04. The molecule has 3 heteroatoms. The molecule has 0 N–H and O–H groups in total. The van der Waals surface area contributed by atoms with E-state index in [9.17, 15) is 4.79 Å². The SMILES string of the molecule is O=C(Cc1ccccc1)Cc1cccc(-c2ccc3c(c2)N=CC3)n1. The number of benzene rings is 2. The van der Waals surface area contributed by atoms with Crippen molar-refractivity contribution in [2.45, 2.75) is 19.3 Å². The third-order valence-electron chi connectivity index (χ3n) is 4.35. The Morgan fingerprint density at radius 3 is 2.68 bits per heavy atom. The molecule has 1 aliphatic heterocycles. The van der Waals surface area contributed by atoms with Crippen LogP contribution in [0.4, 0.5) is 5.69 Å². The first-order valence-corrected chi connectivity index (χ1v) is 8.45. The number of Topliss-reactive ketones (excluding diaryl/α,β-unsaturated/α-hetero) is 1. The number of aromatic nitrogens is 1. The summed E-state index contributed by atoms with van der Waals surface area (Å²) in [6, 6.07) is 21.9. The molecule has 0 aliphatic carbocycles. The number of nitrogens with zero attached hydrogens (tertiary/aromatic N) is 2. The van der Waals surface area contributed by atoms with E-state index >= 15 is 0 Å². The first-order valence-electron chi connectivity index (χ1n) is 8.45. The Morgan fingerprint density at radius 1 is 0.920 bits per heavy atom. The van der Waals surface area contributed by atoms with Crippen LogP contribution in [0, 0.1) is 0 Å². The fourth-order valence-electron chi connectivity index (χ4n) is 3.09. The highest BCUT2D eigenvalue weighted by Crippen LogP contribution is 2.29. The summed E-state index contributed by atoms with van der Waals surface area (Å²) in [6.45, 7) is 0. The van der Waals surface area contributed by atoms with E-state index in [1.54, 1.807) is 0 Å². The molecular weight excluding hydrogens is 308 g/mol. The van der Waals surface area contributed by atoms with E-state index in [0.29, 0.717) is 12.8 Å². The van der Waals surface area contributed by atoms with Crippen LogP contribution < -0.4 is 0 Å². The van der Waals surface area contributed by atoms with Crippen molar-refractivity contribution in [3.63, 3.8) is 0 Å². The van der Waals surface area contributed by atoms with Gasteiger partial charge < -0.3 is 0 Å². The zero-order valence-corrected chi connectivity index (χ0v) is 13.9. The lowest BCUT2D eigenvalue weighted by Gasteiger charge is -2.06. The van der Waals surface area contributed by atoms with Crippen LogP contribution in [0.5, 0.6) is 0 Å². The number of hydrogen-bond acceptors (Lipinski definition) is 3. The van der Waals surface area contributed by atoms with Crippen molar-refractivity contribution in [3.8, 4) is 11.3 Å². The van der Waals surface area contributed by atoms with E-state index in [0.717, 1.165) is 34.6 Å². The second-order valence-corrected chi connectivity index (χ2v) is 6.25. The molecule has 2 aromatic carbocycles. The zero-order valence-electron chi connectivity index (χ0n) is 13.9. The van der Waals surface area contributed by atoms with Gasteiger partial charge in [0.2, 0.25) is 0 Å². The number of hydrogen-bond donors (Lipinski definition) is 0. The molecule has 0 spiro atoms. The Balaban J connectivity index is 1.51. The molecule has 3 aromatic rings. The first kappa shape index (κ1) is 15.5. The van der Waals surface area contributed by atoms with Crippen molar-refractivity contribution in [1.82, 2.24) is 4.98 Å². The summed E-state index contributed by atoms with van der Waals surface area (Å²) in [5.74, 6) is 0.175. The zero-order chi connectivity index (χ0) is 17.1. The number of fused-ring (bicyclic) bond motifs is 1. The van der Waals surface area contributed by atoms with Crippen LogP contribution in [-0.2, 0) is 24.1 Å². The van der Waals surface area contributed by atoms with Crippen LogP contribution in [0.15, 0.2) is 71.7 Å². The molecule has 122 valence electrons. The highest BCUT2D eigenvalue weighted by molar-refractivity contribution is 5.83. The third kappa shape index (κ3) is 3.56. The maximum atomic E-state index is 12.3. The van der Waals surface area contributed by atoms with Crippen molar-refractivity contribution in [1.29, 1.82) is 0 Å². The monoisotopic (exact) mass is 326 g/mol. The lowest BCUT2D eigenvalue weighted by molar-refractivity contribution is -0.117. The van der Waals surface area contributed by atoms with E-state index in [-0.39, 0.29) is 5.78 Å². The van der Waals surface area contributed by atoms with Crippen molar-refractivity contribution < 1.29 is 4.79 Å². The average Bonchev–Trinajstić information content (AvgIpc) is 3.10. The number of ketones is 1. The van der Waals surface area contributed by atoms with E-state index in [1.165, 1.54) is 5.56 Å². The molecule has 4 rings (SSSR count). The quantitative estimate of drug-likeness (QED) is 0.699. The molecule has 0 bridgehead atoms. The molecule has 0 radical (unpaired) electrons. The second kappa shape index (κ2) is 6.81. The lowest BCUT2D eigenvalue weighted by Crippen LogP contribution is -2.08. The van der Waals surface area contributed by atoms with Crippen LogP contribution in [0.3, 0.4) is 0 Å². The van der Waals surface area contributed by atoms with E-state index < -0.39 is 0 Å². The highest BCUT2D eigenvalue weighted by Gasteiger charge is 2.10.